The van der Waals surface area contributed by atoms with Gasteiger partial charge in [-0.25, -0.2) is 0 Å². The molecule has 0 aromatic heterocycles. The summed E-state index contributed by atoms with van der Waals surface area (Å²) in [6, 6.07) is 0. The fraction of sp³-hybridized carbons (Fsp3) is 1.00. The van der Waals surface area contributed by atoms with Crippen LogP contribution in [0.1, 0.15) is 19.8 Å². The lowest BCUT2D eigenvalue weighted by molar-refractivity contribution is 0.218. The minimum Gasteiger partial charge on any atom is -0.384 e. The number of hydrogen-bond acceptors (Lipinski definition) is 2. The van der Waals surface area contributed by atoms with E-state index in [4.69, 9.17) is 4.74 Å². The van der Waals surface area contributed by atoms with E-state index in [-0.39, 0.29) is 0 Å². The van der Waals surface area contributed by atoms with Gasteiger partial charge in [-0.05, 0) is 6.42 Å². The van der Waals surface area contributed by atoms with Gasteiger partial charge in [0.25, 0.3) is 0 Å². The first-order chi connectivity index (χ1) is 4.81. The van der Waals surface area contributed by atoms with Crippen molar-refractivity contribution in [1.82, 2.24) is 0 Å². The van der Waals surface area contributed by atoms with Crippen molar-refractivity contribution in [2.75, 3.05) is 25.2 Å². The topological polar surface area (TPSA) is 26.3 Å². The Kier molecular flexibility index (Phi) is 7.30. The van der Waals surface area contributed by atoms with Gasteiger partial charge in [0.05, 0.1) is 6.61 Å². The van der Waals surface area contributed by atoms with Crippen LogP contribution in [0.25, 0.3) is 0 Å². The molecule has 0 saturated heterocycles. The molecule has 0 heterocycles. The van der Waals surface area contributed by atoms with E-state index in [1.807, 2.05) is 0 Å². The molecule has 0 aliphatic rings. The van der Waals surface area contributed by atoms with Crippen molar-refractivity contribution in [1.29, 1.82) is 0 Å². The van der Waals surface area contributed by atoms with Gasteiger partial charge in [-0.2, -0.15) is 0 Å². The van der Waals surface area contributed by atoms with Crippen molar-refractivity contribution in [2.24, 2.45) is 0 Å². The zero-order valence-electron chi connectivity index (χ0n) is 6.76. The fourth-order valence-electron chi connectivity index (χ4n) is 0.584. The van der Waals surface area contributed by atoms with E-state index in [0.29, 0.717) is 12.4 Å². The molecule has 0 radical (unpaired) electrons. The molecule has 0 bridgehead atoms. The van der Waals surface area contributed by atoms with Crippen LogP contribution < -0.4 is 0 Å². The molecule has 0 aromatic rings. The summed E-state index contributed by atoms with van der Waals surface area (Å²) in [4.78, 5) is 0. The predicted octanol–water partition coefficient (Wildman–Crippen LogP) is 1.18. The number of rotatable bonds is 6. The number of unbranched alkanes of at least 4 members (excludes halogenated alkanes) is 1. The Labute approximate surface area is 65.4 Å². The second kappa shape index (κ2) is 7.22. The van der Waals surface area contributed by atoms with Crippen LogP contribution in [0.2, 0.25) is 0 Å². The molecule has 2 nitrogen and oxygen atoms in total. The van der Waals surface area contributed by atoms with Gasteiger partial charge in [0.1, 0.15) is 0 Å². The van der Waals surface area contributed by atoms with Crippen molar-refractivity contribution in [3.8, 4) is 0 Å². The minimum atomic E-state index is -0.645. The summed E-state index contributed by atoms with van der Waals surface area (Å²) in [5.74, 6) is 1.52. The van der Waals surface area contributed by atoms with Crippen LogP contribution in [0, 0.1) is 0 Å². The van der Waals surface area contributed by atoms with E-state index < -0.39 is 10.8 Å². The lowest BCUT2D eigenvalue weighted by Gasteiger charge is -1.98. The van der Waals surface area contributed by atoms with E-state index in [0.717, 1.165) is 18.6 Å². The number of hydrogen-bond donors (Lipinski definition) is 0. The van der Waals surface area contributed by atoms with Crippen LogP contribution >= 0.6 is 0 Å². The van der Waals surface area contributed by atoms with Gasteiger partial charge in [0.15, 0.2) is 0 Å². The molecule has 0 rings (SSSR count). The van der Waals surface area contributed by atoms with E-state index in [1.165, 1.54) is 0 Å². The molecular weight excluding hydrogens is 148 g/mol. The molecule has 1 unspecified atom stereocenters. The summed E-state index contributed by atoms with van der Waals surface area (Å²) in [6.45, 7) is 2.73. The molecule has 0 fully saturated rings. The maximum atomic E-state index is 11.0. The minimum absolute atomic E-state index is 0.621. The maximum absolute atomic E-state index is 11.0. The zero-order valence-corrected chi connectivity index (χ0v) is 7.58. The third kappa shape index (κ3) is 6.23. The zero-order chi connectivity index (χ0) is 7.82. The molecule has 0 aliphatic heterocycles. The van der Waals surface area contributed by atoms with Gasteiger partial charge in [-0.15, -0.1) is 0 Å². The normalized spacial score (nSPS) is 13.4. The van der Waals surface area contributed by atoms with Crippen LogP contribution in [0.3, 0.4) is 0 Å². The van der Waals surface area contributed by atoms with Gasteiger partial charge in [-0.1, -0.05) is 13.3 Å². The highest BCUT2D eigenvalue weighted by atomic mass is 32.2. The van der Waals surface area contributed by atoms with Crippen molar-refractivity contribution in [3.05, 3.63) is 0 Å². The van der Waals surface area contributed by atoms with Crippen LogP contribution in [-0.2, 0) is 15.5 Å². The highest BCUT2D eigenvalue weighted by Crippen LogP contribution is 1.91. The number of ether oxygens (including phenoxy) is 1. The fourth-order valence-corrected chi connectivity index (χ4v) is 1.75. The van der Waals surface area contributed by atoms with E-state index >= 15 is 0 Å². The van der Waals surface area contributed by atoms with Crippen molar-refractivity contribution in [3.63, 3.8) is 0 Å². The first-order valence-electron chi connectivity index (χ1n) is 3.65. The SMILES string of the molecule is CCCCS(=O)CCOC. The van der Waals surface area contributed by atoms with Crippen molar-refractivity contribution < 1.29 is 8.95 Å². The van der Waals surface area contributed by atoms with Gasteiger partial charge >= 0.3 is 0 Å². The van der Waals surface area contributed by atoms with Gasteiger partial charge in [0.2, 0.25) is 0 Å². The van der Waals surface area contributed by atoms with Crippen molar-refractivity contribution in [2.45, 2.75) is 19.8 Å². The second-order valence-electron chi connectivity index (χ2n) is 2.19. The lowest BCUT2D eigenvalue weighted by Crippen LogP contribution is -2.07. The van der Waals surface area contributed by atoms with Gasteiger partial charge in [0, 0.05) is 29.4 Å². The Morgan fingerprint density at radius 1 is 1.40 bits per heavy atom. The first-order valence-corrected chi connectivity index (χ1v) is 5.14. The Bertz CT molecular complexity index is 83.6. The number of methoxy groups -OCH3 is 1. The maximum Gasteiger partial charge on any atom is 0.0577 e. The quantitative estimate of drug-likeness (QED) is 0.589. The van der Waals surface area contributed by atoms with Crippen LogP contribution in [0.15, 0.2) is 0 Å². The molecule has 0 N–H and O–H groups in total. The molecule has 0 aromatic carbocycles. The van der Waals surface area contributed by atoms with Crippen LogP contribution in [-0.4, -0.2) is 29.4 Å². The Morgan fingerprint density at radius 3 is 2.60 bits per heavy atom. The third-order valence-corrected chi connectivity index (χ3v) is 2.61. The average molecular weight is 164 g/mol. The lowest BCUT2D eigenvalue weighted by atomic mass is 10.4. The molecule has 0 aliphatic carbocycles. The molecular formula is C7H16O2S. The molecule has 1 atom stereocenters. The molecule has 0 spiro atoms. The highest BCUT2D eigenvalue weighted by molar-refractivity contribution is 7.84. The predicted molar refractivity (Wildman–Crippen MR) is 44.7 cm³/mol. The highest BCUT2D eigenvalue weighted by Gasteiger charge is 1.96. The average Bonchev–Trinajstić information content (AvgIpc) is 1.97. The van der Waals surface area contributed by atoms with Crippen LogP contribution in [0.5, 0.6) is 0 Å². The van der Waals surface area contributed by atoms with Crippen LogP contribution in [0.4, 0.5) is 0 Å². The van der Waals surface area contributed by atoms with E-state index in [1.54, 1.807) is 7.11 Å². The largest absolute Gasteiger partial charge is 0.384 e. The second-order valence-corrected chi connectivity index (χ2v) is 3.89. The Balaban J connectivity index is 3.09. The summed E-state index contributed by atoms with van der Waals surface area (Å²) in [7, 11) is 0.991. The monoisotopic (exact) mass is 164 g/mol. The van der Waals surface area contributed by atoms with Crippen molar-refractivity contribution >= 4 is 10.8 Å². The van der Waals surface area contributed by atoms with Gasteiger partial charge < -0.3 is 4.74 Å². The summed E-state index contributed by atoms with van der Waals surface area (Å²) in [6.07, 6.45) is 2.19. The molecule has 3 heteroatoms. The summed E-state index contributed by atoms with van der Waals surface area (Å²) in [5, 5.41) is 0. The smallest absolute Gasteiger partial charge is 0.0577 e. The molecule has 62 valence electrons. The summed E-state index contributed by atoms with van der Waals surface area (Å²) >= 11 is 0. The standard InChI is InChI=1S/C7H16O2S/c1-3-4-6-10(8)7-5-9-2/h3-7H2,1-2H3. The Hall–Kier alpha value is 0.110. The van der Waals surface area contributed by atoms with E-state index in [9.17, 15) is 4.21 Å². The van der Waals surface area contributed by atoms with E-state index in [2.05, 4.69) is 6.92 Å². The summed E-state index contributed by atoms with van der Waals surface area (Å²) < 4.78 is 15.8. The molecule has 0 saturated carbocycles. The molecule has 0 amide bonds. The van der Waals surface area contributed by atoms with Gasteiger partial charge in [-0.3, -0.25) is 4.21 Å². The first kappa shape index (κ1) is 10.1. The third-order valence-electron chi connectivity index (χ3n) is 1.24. The Morgan fingerprint density at radius 2 is 2.10 bits per heavy atom. The summed E-state index contributed by atoms with van der Waals surface area (Å²) in [5.41, 5.74) is 0. The molecule has 10 heavy (non-hydrogen) atoms.